The van der Waals surface area contributed by atoms with E-state index >= 15 is 0 Å². The Morgan fingerprint density at radius 3 is 2.15 bits per heavy atom. The molecule has 0 aliphatic carbocycles. The maximum atomic E-state index is 13.1. The molecule has 3 aromatic rings. The number of nitrogens with one attached hydrogen (secondary N) is 2. The summed E-state index contributed by atoms with van der Waals surface area (Å²) in [7, 11) is 1.63. The van der Waals surface area contributed by atoms with Crippen LogP contribution < -0.4 is 20.8 Å². The van der Waals surface area contributed by atoms with E-state index in [1.807, 2.05) is 71.0 Å². The normalized spacial score (nSPS) is 12.1. The predicted molar refractivity (Wildman–Crippen MR) is 135 cm³/mol. The van der Waals surface area contributed by atoms with Crippen LogP contribution in [0.4, 0.5) is 0 Å². The van der Waals surface area contributed by atoms with E-state index in [0.717, 1.165) is 22.1 Å². The van der Waals surface area contributed by atoms with Gasteiger partial charge in [0.2, 0.25) is 5.43 Å². The van der Waals surface area contributed by atoms with Gasteiger partial charge in [-0.15, -0.1) is 0 Å². The van der Waals surface area contributed by atoms with Gasteiger partial charge in [0, 0.05) is 25.0 Å². The lowest BCUT2D eigenvalue weighted by Gasteiger charge is -2.18. The molecule has 3 rings (SSSR count). The van der Waals surface area contributed by atoms with E-state index in [1.54, 1.807) is 11.7 Å². The summed E-state index contributed by atoms with van der Waals surface area (Å²) < 4.78 is 6.99. The Labute approximate surface area is 200 Å². The SMILES string of the molecule is COc1ccc2cc(C(C)NC(=O)c3cn(C(C)C)cc(C(=O)NCC(C)C)c3=O)ccc2c1. The first kappa shape index (κ1) is 25.0. The van der Waals surface area contributed by atoms with E-state index in [4.69, 9.17) is 4.74 Å². The first-order chi connectivity index (χ1) is 16.1. The molecule has 34 heavy (non-hydrogen) atoms. The van der Waals surface area contributed by atoms with Gasteiger partial charge in [-0.1, -0.05) is 32.0 Å². The molecule has 1 heterocycles. The lowest BCUT2D eigenvalue weighted by molar-refractivity contribution is 0.0937. The molecule has 2 amide bonds. The number of pyridine rings is 1. The molecule has 2 aromatic carbocycles. The second-order valence-electron chi connectivity index (χ2n) is 9.23. The molecular weight excluding hydrogens is 430 g/mol. The third kappa shape index (κ3) is 5.65. The summed E-state index contributed by atoms with van der Waals surface area (Å²) in [5.41, 5.74) is 0.243. The van der Waals surface area contributed by atoms with Crippen molar-refractivity contribution in [2.75, 3.05) is 13.7 Å². The minimum absolute atomic E-state index is 0.0290. The highest BCUT2D eigenvalue weighted by atomic mass is 16.5. The number of hydrogen-bond acceptors (Lipinski definition) is 4. The smallest absolute Gasteiger partial charge is 0.257 e. The van der Waals surface area contributed by atoms with Gasteiger partial charge in [-0.3, -0.25) is 14.4 Å². The van der Waals surface area contributed by atoms with Gasteiger partial charge in [-0.05, 0) is 61.2 Å². The van der Waals surface area contributed by atoms with Gasteiger partial charge in [0.25, 0.3) is 11.8 Å². The van der Waals surface area contributed by atoms with Crippen LogP contribution in [0.1, 0.15) is 73.0 Å². The number of carbonyl (C=O) groups is 2. The fourth-order valence-electron chi connectivity index (χ4n) is 3.61. The molecule has 7 nitrogen and oxygen atoms in total. The van der Waals surface area contributed by atoms with E-state index in [2.05, 4.69) is 10.6 Å². The third-order valence-electron chi connectivity index (χ3n) is 5.72. The Hall–Kier alpha value is -3.61. The van der Waals surface area contributed by atoms with Crippen molar-refractivity contribution in [2.45, 2.75) is 46.7 Å². The Morgan fingerprint density at radius 1 is 0.912 bits per heavy atom. The van der Waals surface area contributed by atoms with Crippen molar-refractivity contribution in [3.8, 4) is 5.75 Å². The molecule has 7 heteroatoms. The highest BCUT2D eigenvalue weighted by Gasteiger charge is 2.21. The zero-order chi connectivity index (χ0) is 25.0. The maximum Gasteiger partial charge on any atom is 0.257 e. The predicted octanol–water partition coefficient (Wildman–Crippen LogP) is 4.47. The van der Waals surface area contributed by atoms with E-state index in [1.165, 1.54) is 12.4 Å². The van der Waals surface area contributed by atoms with Crippen LogP contribution in [-0.4, -0.2) is 30.0 Å². The zero-order valence-electron chi connectivity index (χ0n) is 20.6. The number of fused-ring (bicyclic) bond motifs is 1. The molecule has 2 N–H and O–H groups in total. The van der Waals surface area contributed by atoms with Crippen LogP contribution >= 0.6 is 0 Å². The Kier molecular flexibility index (Phi) is 7.76. The van der Waals surface area contributed by atoms with Crippen molar-refractivity contribution in [1.29, 1.82) is 0 Å². The van der Waals surface area contributed by atoms with Crippen LogP contribution in [0.3, 0.4) is 0 Å². The summed E-state index contributed by atoms with van der Waals surface area (Å²) >= 11 is 0. The van der Waals surface area contributed by atoms with Crippen molar-refractivity contribution < 1.29 is 14.3 Å². The van der Waals surface area contributed by atoms with Gasteiger partial charge in [-0.2, -0.15) is 0 Å². The van der Waals surface area contributed by atoms with Crippen LogP contribution in [0.25, 0.3) is 10.8 Å². The molecule has 0 radical (unpaired) electrons. The van der Waals surface area contributed by atoms with Gasteiger partial charge < -0.3 is 19.9 Å². The molecule has 0 fully saturated rings. The molecule has 0 saturated heterocycles. The Balaban J connectivity index is 1.89. The lowest BCUT2D eigenvalue weighted by Crippen LogP contribution is -2.37. The molecule has 0 aliphatic rings. The fraction of sp³-hybridized carbons (Fsp3) is 0.370. The van der Waals surface area contributed by atoms with E-state index in [9.17, 15) is 14.4 Å². The molecule has 1 unspecified atom stereocenters. The Bertz CT molecular complexity index is 1260. The third-order valence-corrected chi connectivity index (χ3v) is 5.72. The number of benzene rings is 2. The van der Waals surface area contributed by atoms with Crippen molar-refractivity contribution in [3.05, 3.63) is 75.7 Å². The minimum atomic E-state index is -0.575. The number of rotatable bonds is 8. The number of methoxy groups -OCH3 is 1. The summed E-state index contributed by atoms with van der Waals surface area (Å²) in [6.45, 7) is 10.1. The molecular formula is C27H33N3O4. The van der Waals surface area contributed by atoms with Crippen molar-refractivity contribution >= 4 is 22.6 Å². The second kappa shape index (κ2) is 10.5. The van der Waals surface area contributed by atoms with Crippen LogP contribution in [0, 0.1) is 5.92 Å². The zero-order valence-corrected chi connectivity index (χ0v) is 20.6. The Morgan fingerprint density at radius 2 is 1.53 bits per heavy atom. The summed E-state index contributed by atoms with van der Waals surface area (Å²) in [5, 5.41) is 7.73. The number of amides is 2. The van der Waals surface area contributed by atoms with E-state index in [0.29, 0.717) is 6.54 Å². The van der Waals surface area contributed by atoms with Gasteiger partial charge >= 0.3 is 0 Å². The first-order valence-corrected chi connectivity index (χ1v) is 11.5. The molecule has 0 aliphatic heterocycles. The standard InChI is InChI=1S/C27H33N3O4/c1-16(2)13-28-26(32)23-14-30(17(3)4)15-24(25(23)31)27(33)29-18(5)19-7-8-21-12-22(34-6)10-9-20(21)11-19/h7-12,14-18H,13H2,1-6H3,(H,28,32)(H,29,33). The topological polar surface area (TPSA) is 89.4 Å². The van der Waals surface area contributed by atoms with E-state index in [-0.39, 0.29) is 29.1 Å². The maximum absolute atomic E-state index is 13.1. The van der Waals surface area contributed by atoms with Gasteiger partial charge in [0.15, 0.2) is 0 Å². The van der Waals surface area contributed by atoms with Crippen LogP contribution in [0.2, 0.25) is 0 Å². The van der Waals surface area contributed by atoms with Crippen LogP contribution in [0.15, 0.2) is 53.6 Å². The van der Waals surface area contributed by atoms with E-state index < -0.39 is 17.2 Å². The fourth-order valence-corrected chi connectivity index (χ4v) is 3.61. The highest BCUT2D eigenvalue weighted by Crippen LogP contribution is 2.24. The highest BCUT2D eigenvalue weighted by molar-refractivity contribution is 5.99. The van der Waals surface area contributed by atoms with Crippen molar-refractivity contribution in [3.63, 3.8) is 0 Å². The molecule has 0 bridgehead atoms. The first-order valence-electron chi connectivity index (χ1n) is 11.5. The number of carbonyl (C=O) groups excluding carboxylic acids is 2. The average molecular weight is 464 g/mol. The molecule has 0 spiro atoms. The largest absolute Gasteiger partial charge is 0.497 e. The minimum Gasteiger partial charge on any atom is -0.497 e. The quantitative estimate of drug-likeness (QED) is 0.516. The molecule has 180 valence electrons. The summed E-state index contributed by atoms with van der Waals surface area (Å²) in [6, 6.07) is 11.3. The summed E-state index contributed by atoms with van der Waals surface area (Å²) in [4.78, 5) is 38.9. The number of ether oxygens (including phenoxy) is 1. The van der Waals surface area contributed by atoms with Crippen LogP contribution in [0.5, 0.6) is 5.75 Å². The van der Waals surface area contributed by atoms with Crippen molar-refractivity contribution in [2.24, 2.45) is 5.92 Å². The van der Waals surface area contributed by atoms with Gasteiger partial charge in [-0.25, -0.2) is 0 Å². The molecule has 1 atom stereocenters. The lowest BCUT2D eigenvalue weighted by atomic mass is 10.0. The molecule has 0 saturated carbocycles. The number of nitrogens with zero attached hydrogens (tertiary/aromatic N) is 1. The van der Waals surface area contributed by atoms with Crippen molar-refractivity contribution in [1.82, 2.24) is 15.2 Å². The summed E-state index contributed by atoms with van der Waals surface area (Å²) in [5.74, 6) is 0.0352. The molecule has 1 aromatic heterocycles. The number of hydrogen-bond donors (Lipinski definition) is 2. The number of aromatic nitrogens is 1. The van der Waals surface area contributed by atoms with Crippen LogP contribution in [-0.2, 0) is 0 Å². The van der Waals surface area contributed by atoms with Gasteiger partial charge in [0.1, 0.15) is 16.9 Å². The average Bonchev–Trinajstić information content (AvgIpc) is 2.81. The van der Waals surface area contributed by atoms with Gasteiger partial charge in [0.05, 0.1) is 13.2 Å². The summed E-state index contributed by atoms with van der Waals surface area (Å²) in [6.07, 6.45) is 3.03. The second-order valence-corrected chi connectivity index (χ2v) is 9.23. The monoisotopic (exact) mass is 463 g/mol.